The molecular formula is C21H21N3O5S2. The molecule has 31 heavy (non-hydrogen) atoms. The number of amides is 3. The number of para-hydroxylation sites is 1. The van der Waals surface area contributed by atoms with Crippen molar-refractivity contribution < 1.29 is 23.9 Å². The molecule has 0 aliphatic carbocycles. The van der Waals surface area contributed by atoms with E-state index < -0.39 is 41.1 Å². The van der Waals surface area contributed by atoms with Gasteiger partial charge in [0.1, 0.15) is 12.6 Å². The topological polar surface area (TPSA) is 119 Å². The van der Waals surface area contributed by atoms with Gasteiger partial charge >= 0.3 is 5.97 Å². The monoisotopic (exact) mass is 459 g/mol. The Morgan fingerprint density at radius 1 is 1.26 bits per heavy atom. The van der Waals surface area contributed by atoms with E-state index >= 15 is 0 Å². The smallest absolute Gasteiger partial charge is 0.306 e. The Kier molecular flexibility index (Phi) is 6.01. The molecule has 4 rings (SSSR count). The number of fused-ring (bicyclic) bond motifs is 1. The van der Waals surface area contributed by atoms with Crippen LogP contribution in [0.5, 0.6) is 0 Å². The van der Waals surface area contributed by atoms with Gasteiger partial charge in [0.25, 0.3) is 11.8 Å². The fraction of sp³-hybridized carbons (Fsp3) is 0.333. The van der Waals surface area contributed by atoms with Crippen molar-refractivity contribution in [1.29, 1.82) is 0 Å². The minimum atomic E-state index is -0.971. The molecular weight excluding hydrogens is 438 g/mol. The molecule has 1 aromatic carbocycles. The summed E-state index contributed by atoms with van der Waals surface area (Å²) >= 11 is 2.95. The lowest BCUT2D eigenvalue weighted by atomic mass is 10.1. The molecule has 1 saturated heterocycles. The van der Waals surface area contributed by atoms with Crippen molar-refractivity contribution in [3.63, 3.8) is 0 Å². The molecule has 0 saturated carbocycles. The number of nitrogens with one attached hydrogen (secondary N) is 1. The second-order valence-corrected chi connectivity index (χ2v) is 9.50. The Balaban J connectivity index is 1.75. The van der Waals surface area contributed by atoms with Crippen LogP contribution in [0.2, 0.25) is 0 Å². The lowest BCUT2D eigenvalue weighted by Gasteiger charge is -2.28. The zero-order chi connectivity index (χ0) is 22.1. The van der Waals surface area contributed by atoms with Crippen LogP contribution in [-0.4, -0.2) is 42.4 Å². The number of anilines is 1. The Labute approximate surface area is 187 Å². The maximum absolute atomic E-state index is 13.7. The molecule has 2 aromatic rings. The molecule has 3 N–H and O–H groups in total. The molecule has 0 spiro atoms. The van der Waals surface area contributed by atoms with Crippen molar-refractivity contribution in [2.24, 2.45) is 5.73 Å². The summed E-state index contributed by atoms with van der Waals surface area (Å²) in [4.78, 5) is 52.8. The molecule has 3 heterocycles. The number of thioether (sulfide) groups is 1. The van der Waals surface area contributed by atoms with Crippen LogP contribution in [0.25, 0.3) is 0 Å². The van der Waals surface area contributed by atoms with Gasteiger partial charge in [-0.05, 0) is 36.1 Å². The van der Waals surface area contributed by atoms with Crippen LogP contribution in [0, 0.1) is 6.92 Å². The van der Waals surface area contributed by atoms with E-state index in [0.717, 1.165) is 15.3 Å². The van der Waals surface area contributed by atoms with Gasteiger partial charge in [-0.1, -0.05) is 12.1 Å². The Bertz CT molecular complexity index is 1050. The fourth-order valence-electron chi connectivity index (χ4n) is 3.69. The van der Waals surface area contributed by atoms with Gasteiger partial charge in [0, 0.05) is 22.6 Å². The number of carbonyl (C=O) groups is 4. The summed E-state index contributed by atoms with van der Waals surface area (Å²) < 4.78 is 5.08. The van der Waals surface area contributed by atoms with Crippen LogP contribution < -0.4 is 16.0 Å². The van der Waals surface area contributed by atoms with Gasteiger partial charge in [0.2, 0.25) is 5.91 Å². The molecule has 2 aliphatic rings. The predicted octanol–water partition coefficient (Wildman–Crippen LogP) is 1.91. The summed E-state index contributed by atoms with van der Waals surface area (Å²) in [6, 6.07) is 8.25. The Morgan fingerprint density at radius 2 is 2.03 bits per heavy atom. The molecule has 0 radical (unpaired) electrons. The number of ether oxygens (including phenoxy) is 1. The van der Waals surface area contributed by atoms with Crippen molar-refractivity contribution >= 4 is 52.5 Å². The largest absolute Gasteiger partial charge is 0.452 e. The van der Waals surface area contributed by atoms with Gasteiger partial charge in [0.15, 0.2) is 6.10 Å². The molecule has 1 fully saturated rings. The standard InChI is InChI=1S/C21H21N3O5S2/c1-11-8-9-30-18(11)19-17(23-20(27)13-6-7-16(26)29-13)21(28)24(10-15(22)25)12-4-2-3-5-14(12)31-19/h2-5,8-9,13,17,19H,6-7,10H2,1H3,(H2,22,25)(H,23,27)/t13-,17?,19?/m0/s1. The number of esters is 1. The molecule has 3 amide bonds. The highest BCUT2D eigenvalue weighted by atomic mass is 32.2. The summed E-state index contributed by atoms with van der Waals surface area (Å²) in [5.41, 5.74) is 7.00. The maximum atomic E-state index is 13.7. The number of aryl methyl sites for hydroxylation is 1. The van der Waals surface area contributed by atoms with Crippen LogP contribution in [0.4, 0.5) is 5.69 Å². The van der Waals surface area contributed by atoms with Crippen molar-refractivity contribution in [3.8, 4) is 0 Å². The van der Waals surface area contributed by atoms with E-state index in [1.54, 1.807) is 12.1 Å². The van der Waals surface area contributed by atoms with Crippen LogP contribution >= 0.6 is 23.1 Å². The lowest BCUT2D eigenvalue weighted by Crippen LogP contribution is -2.54. The van der Waals surface area contributed by atoms with Gasteiger partial charge < -0.3 is 20.7 Å². The first kappa shape index (κ1) is 21.4. The van der Waals surface area contributed by atoms with E-state index in [1.807, 2.05) is 30.5 Å². The second kappa shape index (κ2) is 8.72. The second-order valence-electron chi connectivity index (χ2n) is 7.37. The lowest BCUT2D eigenvalue weighted by molar-refractivity contribution is -0.148. The molecule has 0 bridgehead atoms. The summed E-state index contributed by atoms with van der Waals surface area (Å²) in [6.45, 7) is 1.64. The highest BCUT2D eigenvalue weighted by molar-refractivity contribution is 8.00. The van der Waals surface area contributed by atoms with Gasteiger partial charge in [-0.15, -0.1) is 23.1 Å². The third-order valence-electron chi connectivity index (χ3n) is 5.19. The highest BCUT2D eigenvalue weighted by Gasteiger charge is 2.42. The molecule has 162 valence electrons. The quantitative estimate of drug-likeness (QED) is 0.660. The number of thiophene rings is 1. The number of nitrogens with two attached hydrogens (primary N) is 1. The van der Waals surface area contributed by atoms with Gasteiger partial charge in [-0.25, -0.2) is 0 Å². The minimum Gasteiger partial charge on any atom is -0.452 e. The number of carbonyl (C=O) groups excluding carboxylic acids is 4. The molecule has 3 atom stereocenters. The molecule has 2 unspecified atom stereocenters. The first-order chi connectivity index (χ1) is 14.8. The van der Waals surface area contributed by atoms with Gasteiger partial charge in [-0.3, -0.25) is 19.2 Å². The van der Waals surface area contributed by atoms with Crippen LogP contribution in [0.1, 0.15) is 28.5 Å². The van der Waals surface area contributed by atoms with E-state index in [0.29, 0.717) is 5.69 Å². The van der Waals surface area contributed by atoms with E-state index in [4.69, 9.17) is 10.5 Å². The van der Waals surface area contributed by atoms with Crippen molar-refractivity contribution in [2.75, 3.05) is 11.4 Å². The van der Waals surface area contributed by atoms with Gasteiger partial charge in [0.05, 0.1) is 10.9 Å². The normalized spacial score (nSPS) is 23.1. The third-order valence-corrected chi connectivity index (χ3v) is 7.81. The van der Waals surface area contributed by atoms with E-state index in [-0.39, 0.29) is 19.4 Å². The summed E-state index contributed by atoms with van der Waals surface area (Å²) in [6.07, 6.45) is -0.490. The van der Waals surface area contributed by atoms with Crippen molar-refractivity contribution in [2.45, 2.75) is 42.1 Å². The number of rotatable bonds is 5. The van der Waals surface area contributed by atoms with Crippen molar-refractivity contribution in [1.82, 2.24) is 5.32 Å². The summed E-state index contributed by atoms with van der Waals surface area (Å²) in [5.74, 6) is -2.05. The number of hydrogen-bond donors (Lipinski definition) is 2. The van der Waals surface area contributed by atoms with Crippen LogP contribution in [0.15, 0.2) is 40.6 Å². The van der Waals surface area contributed by atoms with E-state index in [2.05, 4.69) is 5.32 Å². The van der Waals surface area contributed by atoms with Crippen LogP contribution in [0.3, 0.4) is 0 Å². The van der Waals surface area contributed by atoms with E-state index in [9.17, 15) is 19.2 Å². The average molecular weight is 460 g/mol. The number of cyclic esters (lactones) is 1. The highest BCUT2D eigenvalue weighted by Crippen LogP contribution is 2.47. The zero-order valence-corrected chi connectivity index (χ0v) is 18.3. The molecule has 8 nitrogen and oxygen atoms in total. The first-order valence-electron chi connectivity index (χ1n) is 9.74. The number of hydrogen-bond acceptors (Lipinski definition) is 7. The Morgan fingerprint density at radius 3 is 2.68 bits per heavy atom. The van der Waals surface area contributed by atoms with E-state index in [1.165, 1.54) is 28.0 Å². The summed E-state index contributed by atoms with van der Waals surface area (Å²) in [5, 5.41) is 4.31. The average Bonchev–Trinajstić information content (AvgIpc) is 3.34. The number of benzene rings is 1. The predicted molar refractivity (Wildman–Crippen MR) is 117 cm³/mol. The maximum Gasteiger partial charge on any atom is 0.306 e. The third kappa shape index (κ3) is 4.31. The molecule has 10 heteroatoms. The fourth-order valence-corrected chi connectivity index (χ4v) is 6.29. The SMILES string of the molecule is Cc1ccsc1C1Sc2ccccc2N(CC(N)=O)C(=O)C1NC(=O)[C@@H]1CCC(=O)O1. The molecule has 2 aliphatic heterocycles. The van der Waals surface area contributed by atoms with Crippen molar-refractivity contribution in [3.05, 3.63) is 46.2 Å². The first-order valence-corrected chi connectivity index (χ1v) is 11.5. The number of nitrogens with zero attached hydrogens (tertiary/aromatic N) is 1. The Hall–Kier alpha value is -2.85. The molecule has 1 aromatic heterocycles. The minimum absolute atomic E-state index is 0.165. The summed E-state index contributed by atoms with van der Waals surface area (Å²) in [7, 11) is 0. The number of primary amides is 1. The van der Waals surface area contributed by atoms with Crippen LogP contribution in [-0.2, 0) is 23.9 Å². The van der Waals surface area contributed by atoms with Gasteiger partial charge in [-0.2, -0.15) is 0 Å². The zero-order valence-electron chi connectivity index (χ0n) is 16.7.